The highest BCUT2D eigenvalue weighted by atomic mass is 16.3. The SMILES string of the molecule is C[C@]12CC[C@H]3[C@@H](CC(O)=C4C[C@H](O)CC[C@@]43C)[C@@H]1CC[C@H]2O. The molecular weight excluding hydrogens is 276 g/mol. The quantitative estimate of drug-likeness (QED) is 0.641. The summed E-state index contributed by atoms with van der Waals surface area (Å²) in [5.41, 5.74) is 1.28. The van der Waals surface area contributed by atoms with E-state index in [1.165, 1.54) is 0 Å². The summed E-state index contributed by atoms with van der Waals surface area (Å²) in [6.45, 7) is 4.60. The van der Waals surface area contributed by atoms with Gasteiger partial charge in [-0.2, -0.15) is 0 Å². The highest BCUT2D eigenvalue weighted by molar-refractivity contribution is 5.28. The van der Waals surface area contributed by atoms with Crippen molar-refractivity contribution >= 4 is 0 Å². The van der Waals surface area contributed by atoms with Crippen LogP contribution in [-0.4, -0.2) is 27.5 Å². The van der Waals surface area contributed by atoms with Crippen LogP contribution in [0.4, 0.5) is 0 Å². The number of hydrogen-bond acceptors (Lipinski definition) is 3. The molecule has 0 heterocycles. The fraction of sp³-hybridized carbons (Fsp3) is 0.895. The molecule has 0 saturated heterocycles. The van der Waals surface area contributed by atoms with Gasteiger partial charge < -0.3 is 15.3 Å². The zero-order valence-electron chi connectivity index (χ0n) is 13.9. The molecule has 0 radical (unpaired) electrons. The van der Waals surface area contributed by atoms with Crippen molar-refractivity contribution in [2.45, 2.75) is 77.4 Å². The van der Waals surface area contributed by atoms with E-state index in [9.17, 15) is 15.3 Å². The molecule has 0 aliphatic heterocycles. The Morgan fingerprint density at radius 1 is 0.909 bits per heavy atom. The fourth-order valence-electron chi connectivity index (χ4n) is 6.73. The number of hydrogen-bond donors (Lipinski definition) is 3. The van der Waals surface area contributed by atoms with Gasteiger partial charge in [-0.05, 0) is 79.1 Å². The average molecular weight is 306 g/mol. The third-order valence-corrected chi connectivity index (χ3v) is 8.11. The summed E-state index contributed by atoms with van der Waals surface area (Å²) >= 11 is 0. The van der Waals surface area contributed by atoms with E-state index in [1.807, 2.05) is 0 Å². The average Bonchev–Trinajstić information content (AvgIpc) is 2.77. The van der Waals surface area contributed by atoms with Crippen LogP contribution in [0, 0.1) is 28.6 Å². The number of rotatable bonds is 0. The predicted molar refractivity (Wildman–Crippen MR) is 85.3 cm³/mol. The summed E-state index contributed by atoms with van der Waals surface area (Å²) in [6, 6.07) is 0. The Morgan fingerprint density at radius 3 is 2.45 bits per heavy atom. The molecule has 0 aromatic carbocycles. The Bertz CT molecular complexity index is 513. The van der Waals surface area contributed by atoms with Gasteiger partial charge in [-0.15, -0.1) is 0 Å². The molecule has 0 bridgehead atoms. The summed E-state index contributed by atoms with van der Waals surface area (Å²) in [5, 5.41) is 31.2. The zero-order valence-corrected chi connectivity index (χ0v) is 13.9. The minimum Gasteiger partial charge on any atom is -0.512 e. The molecule has 3 nitrogen and oxygen atoms in total. The third-order valence-electron chi connectivity index (χ3n) is 8.11. The van der Waals surface area contributed by atoms with E-state index in [0.29, 0.717) is 29.9 Å². The normalized spacial score (nSPS) is 54.6. The minimum absolute atomic E-state index is 0.0590. The van der Waals surface area contributed by atoms with Gasteiger partial charge in [0.05, 0.1) is 18.0 Å². The summed E-state index contributed by atoms with van der Waals surface area (Å²) < 4.78 is 0. The summed E-state index contributed by atoms with van der Waals surface area (Å²) in [4.78, 5) is 0. The zero-order chi connectivity index (χ0) is 15.7. The maximum Gasteiger partial charge on any atom is 0.0924 e. The van der Waals surface area contributed by atoms with Crippen LogP contribution in [0.15, 0.2) is 11.3 Å². The summed E-state index contributed by atoms with van der Waals surface area (Å²) in [7, 11) is 0. The lowest BCUT2D eigenvalue weighted by Crippen LogP contribution is -2.52. The molecule has 0 spiro atoms. The molecular formula is C19H30O3. The van der Waals surface area contributed by atoms with E-state index in [1.54, 1.807) is 0 Å². The Balaban J connectivity index is 1.73. The van der Waals surface area contributed by atoms with Crippen molar-refractivity contribution in [3.05, 3.63) is 11.3 Å². The second kappa shape index (κ2) is 4.73. The smallest absolute Gasteiger partial charge is 0.0924 e. The second-order valence-corrected chi connectivity index (χ2v) is 8.96. The molecule has 3 saturated carbocycles. The van der Waals surface area contributed by atoms with Gasteiger partial charge in [0.2, 0.25) is 0 Å². The van der Waals surface area contributed by atoms with Gasteiger partial charge in [-0.3, -0.25) is 0 Å². The first-order valence-corrected chi connectivity index (χ1v) is 9.14. The topological polar surface area (TPSA) is 60.7 Å². The van der Waals surface area contributed by atoms with Gasteiger partial charge in [-0.25, -0.2) is 0 Å². The van der Waals surface area contributed by atoms with Crippen molar-refractivity contribution < 1.29 is 15.3 Å². The molecule has 0 aromatic heterocycles. The van der Waals surface area contributed by atoms with Gasteiger partial charge in [0.15, 0.2) is 0 Å². The van der Waals surface area contributed by atoms with Crippen LogP contribution in [0.2, 0.25) is 0 Å². The van der Waals surface area contributed by atoms with Gasteiger partial charge in [0, 0.05) is 6.42 Å². The second-order valence-electron chi connectivity index (χ2n) is 8.96. The van der Waals surface area contributed by atoms with E-state index < -0.39 is 0 Å². The van der Waals surface area contributed by atoms with Crippen molar-refractivity contribution in [1.29, 1.82) is 0 Å². The Kier molecular flexibility index (Phi) is 3.23. The molecule has 3 heteroatoms. The molecule has 0 aromatic rings. The number of aliphatic hydroxyl groups is 3. The van der Waals surface area contributed by atoms with Crippen LogP contribution in [0.1, 0.15) is 65.2 Å². The van der Waals surface area contributed by atoms with E-state index >= 15 is 0 Å². The summed E-state index contributed by atoms with van der Waals surface area (Å²) in [6.07, 6.45) is 7.19. The van der Waals surface area contributed by atoms with Gasteiger partial charge >= 0.3 is 0 Å². The lowest BCUT2D eigenvalue weighted by atomic mass is 9.47. The van der Waals surface area contributed by atoms with Crippen molar-refractivity contribution in [3.8, 4) is 0 Å². The molecule has 0 unspecified atom stereocenters. The predicted octanol–water partition coefficient (Wildman–Crippen LogP) is 3.56. The molecule has 124 valence electrons. The van der Waals surface area contributed by atoms with Crippen LogP contribution >= 0.6 is 0 Å². The number of aliphatic hydroxyl groups excluding tert-OH is 3. The van der Waals surface area contributed by atoms with E-state index in [2.05, 4.69) is 13.8 Å². The molecule has 4 aliphatic carbocycles. The lowest BCUT2D eigenvalue weighted by Gasteiger charge is -2.57. The molecule has 22 heavy (non-hydrogen) atoms. The first-order valence-electron chi connectivity index (χ1n) is 9.14. The highest BCUT2D eigenvalue weighted by Crippen LogP contribution is 2.65. The van der Waals surface area contributed by atoms with Crippen LogP contribution < -0.4 is 0 Å². The van der Waals surface area contributed by atoms with E-state index in [0.717, 1.165) is 50.5 Å². The molecule has 3 fully saturated rings. The highest BCUT2D eigenvalue weighted by Gasteiger charge is 2.59. The third kappa shape index (κ3) is 1.81. The Hall–Kier alpha value is -0.540. The summed E-state index contributed by atoms with van der Waals surface area (Å²) in [5.74, 6) is 2.25. The maximum atomic E-state index is 10.7. The molecule has 7 atom stereocenters. The standard InChI is InChI=1S/C19H30O3/c1-18-7-5-11(20)9-15(18)16(21)10-12-13-3-4-17(22)19(13,2)8-6-14(12)18/h11-14,17,20-22H,3-10H2,1-2H3/t11-,12+,13+,14+,17-,18-,19+/m1/s1. The Labute approximate surface area is 133 Å². The maximum absolute atomic E-state index is 10.7. The first kappa shape index (κ1) is 15.0. The lowest BCUT2D eigenvalue weighted by molar-refractivity contribution is -0.0785. The largest absolute Gasteiger partial charge is 0.512 e. The van der Waals surface area contributed by atoms with Crippen molar-refractivity contribution in [2.75, 3.05) is 0 Å². The van der Waals surface area contributed by atoms with Crippen LogP contribution in [0.5, 0.6) is 0 Å². The first-order chi connectivity index (χ1) is 10.4. The van der Waals surface area contributed by atoms with Crippen molar-refractivity contribution in [2.24, 2.45) is 28.6 Å². The van der Waals surface area contributed by atoms with Crippen molar-refractivity contribution in [3.63, 3.8) is 0 Å². The fourth-order valence-corrected chi connectivity index (χ4v) is 6.73. The van der Waals surface area contributed by atoms with Gasteiger partial charge in [-0.1, -0.05) is 13.8 Å². The molecule has 4 rings (SSSR count). The van der Waals surface area contributed by atoms with Crippen LogP contribution in [0.3, 0.4) is 0 Å². The molecule has 0 amide bonds. The van der Waals surface area contributed by atoms with Crippen LogP contribution in [-0.2, 0) is 0 Å². The molecule has 3 N–H and O–H groups in total. The van der Waals surface area contributed by atoms with Gasteiger partial charge in [0.25, 0.3) is 0 Å². The van der Waals surface area contributed by atoms with E-state index in [4.69, 9.17) is 0 Å². The molecule has 4 aliphatic rings. The van der Waals surface area contributed by atoms with Crippen LogP contribution in [0.25, 0.3) is 0 Å². The van der Waals surface area contributed by atoms with Gasteiger partial charge in [0.1, 0.15) is 0 Å². The number of allylic oxidation sites excluding steroid dienone is 1. The number of fused-ring (bicyclic) bond motifs is 5. The van der Waals surface area contributed by atoms with Crippen molar-refractivity contribution in [1.82, 2.24) is 0 Å². The van der Waals surface area contributed by atoms with E-state index in [-0.39, 0.29) is 23.0 Å². The monoisotopic (exact) mass is 306 g/mol. The minimum atomic E-state index is -0.274. The Morgan fingerprint density at radius 2 is 1.68 bits per heavy atom.